The van der Waals surface area contributed by atoms with Gasteiger partial charge in [-0.25, -0.2) is 9.50 Å². The molecule has 0 amide bonds. The molecule has 7 heteroatoms. The molecule has 33 heavy (non-hydrogen) atoms. The molecule has 1 saturated carbocycles. The summed E-state index contributed by atoms with van der Waals surface area (Å²) in [6.07, 6.45) is 12.0. The van der Waals surface area contributed by atoms with E-state index >= 15 is 0 Å². The van der Waals surface area contributed by atoms with Crippen molar-refractivity contribution in [2.45, 2.75) is 45.1 Å². The largest absolute Gasteiger partial charge is 0.492 e. The average molecular weight is 445 g/mol. The molecule has 0 bridgehead atoms. The minimum atomic E-state index is 0.543. The van der Waals surface area contributed by atoms with E-state index in [0.29, 0.717) is 12.2 Å². The van der Waals surface area contributed by atoms with Gasteiger partial charge in [0.05, 0.1) is 30.1 Å². The van der Waals surface area contributed by atoms with E-state index in [-0.39, 0.29) is 0 Å². The zero-order valence-corrected chi connectivity index (χ0v) is 19.6. The molecule has 3 aromatic rings. The zero-order valence-electron chi connectivity index (χ0n) is 19.6. The zero-order chi connectivity index (χ0) is 22.8. The molecule has 1 atom stereocenters. The summed E-state index contributed by atoms with van der Waals surface area (Å²) in [4.78, 5) is 9.72. The SMILES string of the molecule is CCOc1cc(-c2ccc(N(C)CCC3CCCN(C4CC4)C3)nc2)c2c(C#N)cnn2c1. The van der Waals surface area contributed by atoms with Crippen LogP contribution in [0.5, 0.6) is 5.75 Å². The third kappa shape index (κ3) is 4.67. The number of piperidine rings is 1. The van der Waals surface area contributed by atoms with Crippen molar-refractivity contribution in [1.82, 2.24) is 19.5 Å². The predicted octanol–water partition coefficient (Wildman–Crippen LogP) is 4.37. The lowest BCUT2D eigenvalue weighted by Crippen LogP contribution is -2.38. The number of nitrogens with zero attached hydrogens (tertiary/aromatic N) is 6. The van der Waals surface area contributed by atoms with Crippen LogP contribution in [-0.4, -0.2) is 58.8 Å². The van der Waals surface area contributed by atoms with Crippen LogP contribution < -0.4 is 9.64 Å². The van der Waals surface area contributed by atoms with Gasteiger partial charge in [-0.3, -0.25) is 0 Å². The summed E-state index contributed by atoms with van der Waals surface area (Å²) >= 11 is 0. The van der Waals surface area contributed by atoms with E-state index in [2.05, 4.69) is 40.1 Å². The highest BCUT2D eigenvalue weighted by Crippen LogP contribution is 2.33. The summed E-state index contributed by atoms with van der Waals surface area (Å²) in [5.74, 6) is 2.49. The number of nitriles is 1. The Morgan fingerprint density at radius 2 is 2.12 bits per heavy atom. The van der Waals surface area contributed by atoms with Crippen LogP contribution >= 0.6 is 0 Å². The van der Waals surface area contributed by atoms with Gasteiger partial charge in [0.1, 0.15) is 17.6 Å². The molecule has 172 valence electrons. The first-order valence-corrected chi connectivity index (χ1v) is 12.1. The lowest BCUT2D eigenvalue weighted by molar-refractivity contribution is 0.162. The highest BCUT2D eigenvalue weighted by Gasteiger charge is 2.32. The Bertz CT molecular complexity index is 1140. The first kappa shape index (κ1) is 21.7. The summed E-state index contributed by atoms with van der Waals surface area (Å²) < 4.78 is 7.44. The maximum Gasteiger partial charge on any atom is 0.138 e. The molecule has 0 radical (unpaired) electrons. The minimum Gasteiger partial charge on any atom is -0.492 e. The molecule has 0 spiro atoms. The van der Waals surface area contributed by atoms with Crippen molar-refractivity contribution in [2.24, 2.45) is 5.92 Å². The second kappa shape index (κ2) is 9.40. The third-order valence-electron chi connectivity index (χ3n) is 6.95. The Hall–Kier alpha value is -3.11. The molecule has 2 aliphatic rings. The van der Waals surface area contributed by atoms with E-state index in [1.54, 1.807) is 10.7 Å². The highest BCUT2D eigenvalue weighted by atomic mass is 16.5. The maximum absolute atomic E-state index is 9.54. The number of aromatic nitrogens is 3. The predicted molar refractivity (Wildman–Crippen MR) is 130 cm³/mol. The van der Waals surface area contributed by atoms with Crippen molar-refractivity contribution in [3.8, 4) is 22.9 Å². The topological polar surface area (TPSA) is 69.7 Å². The minimum absolute atomic E-state index is 0.543. The monoisotopic (exact) mass is 444 g/mol. The van der Waals surface area contributed by atoms with Gasteiger partial charge in [-0.05, 0) is 69.7 Å². The standard InChI is InChI=1S/C26H32N6O/c1-3-33-23-13-24(26-21(14-27)16-29-32(26)18-23)20-6-9-25(28-15-20)30(2)12-10-19-5-4-11-31(17-19)22-7-8-22/h6,9,13,15-16,18-19,22H,3-5,7-8,10-12,17H2,1-2H3. The number of rotatable bonds is 8. The van der Waals surface area contributed by atoms with E-state index in [1.165, 1.54) is 45.2 Å². The number of likely N-dealkylation sites (tertiary alicyclic amines) is 1. The highest BCUT2D eigenvalue weighted by molar-refractivity contribution is 5.85. The fourth-order valence-corrected chi connectivity index (χ4v) is 5.01. The second-order valence-corrected chi connectivity index (χ2v) is 9.34. The summed E-state index contributed by atoms with van der Waals surface area (Å²) in [5.41, 5.74) is 3.17. The van der Waals surface area contributed by atoms with Crippen LogP contribution in [0.4, 0.5) is 5.82 Å². The van der Waals surface area contributed by atoms with Gasteiger partial charge in [-0.1, -0.05) is 0 Å². The normalized spacial score (nSPS) is 18.9. The summed E-state index contributed by atoms with van der Waals surface area (Å²) in [7, 11) is 2.13. The van der Waals surface area contributed by atoms with E-state index in [9.17, 15) is 5.26 Å². The Morgan fingerprint density at radius 1 is 1.24 bits per heavy atom. The van der Waals surface area contributed by atoms with Gasteiger partial charge in [0.15, 0.2) is 0 Å². The lowest BCUT2D eigenvalue weighted by Gasteiger charge is -2.33. The van der Waals surface area contributed by atoms with Crippen LogP contribution in [-0.2, 0) is 0 Å². The fourth-order valence-electron chi connectivity index (χ4n) is 5.01. The smallest absolute Gasteiger partial charge is 0.138 e. The van der Waals surface area contributed by atoms with Gasteiger partial charge in [-0.2, -0.15) is 10.4 Å². The number of hydrogen-bond acceptors (Lipinski definition) is 6. The van der Waals surface area contributed by atoms with Crippen molar-refractivity contribution in [2.75, 3.05) is 38.2 Å². The molecule has 0 aromatic carbocycles. The molecule has 1 unspecified atom stereocenters. The van der Waals surface area contributed by atoms with E-state index in [0.717, 1.165) is 46.7 Å². The quantitative estimate of drug-likeness (QED) is 0.514. The Morgan fingerprint density at radius 3 is 2.85 bits per heavy atom. The van der Waals surface area contributed by atoms with Crippen LogP contribution in [0.15, 0.2) is 36.8 Å². The van der Waals surface area contributed by atoms with Crippen LogP contribution in [0.2, 0.25) is 0 Å². The molecule has 2 fully saturated rings. The Labute approximate surface area is 195 Å². The second-order valence-electron chi connectivity index (χ2n) is 9.34. The molecule has 1 aliphatic carbocycles. The molecule has 1 saturated heterocycles. The van der Waals surface area contributed by atoms with Gasteiger partial charge < -0.3 is 14.5 Å². The number of pyridine rings is 2. The number of fused-ring (bicyclic) bond motifs is 1. The van der Waals surface area contributed by atoms with Gasteiger partial charge in [0.2, 0.25) is 0 Å². The van der Waals surface area contributed by atoms with Crippen LogP contribution in [0.3, 0.4) is 0 Å². The van der Waals surface area contributed by atoms with Gasteiger partial charge in [0.25, 0.3) is 0 Å². The maximum atomic E-state index is 9.54. The van der Waals surface area contributed by atoms with Crippen molar-refractivity contribution in [1.29, 1.82) is 5.26 Å². The molecule has 0 N–H and O–H groups in total. The Balaban J connectivity index is 1.30. The van der Waals surface area contributed by atoms with E-state index in [4.69, 9.17) is 9.72 Å². The first-order chi connectivity index (χ1) is 16.2. The van der Waals surface area contributed by atoms with Gasteiger partial charge in [-0.15, -0.1) is 0 Å². The fraction of sp³-hybridized carbons (Fsp3) is 0.500. The molecule has 5 rings (SSSR count). The van der Waals surface area contributed by atoms with E-state index in [1.807, 2.05) is 25.4 Å². The molecule has 4 heterocycles. The number of anilines is 1. The Kier molecular flexibility index (Phi) is 6.19. The first-order valence-electron chi connectivity index (χ1n) is 12.1. The summed E-state index contributed by atoms with van der Waals surface area (Å²) in [5, 5.41) is 13.9. The van der Waals surface area contributed by atoms with Crippen LogP contribution in [0.1, 0.15) is 44.6 Å². The van der Waals surface area contributed by atoms with Crippen LogP contribution in [0, 0.1) is 17.2 Å². The molecular weight excluding hydrogens is 412 g/mol. The van der Waals surface area contributed by atoms with Crippen molar-refractivity contribution in [3.05, 3.63) is 42.4 Å². The molecule has 7 nitrogen and oxygen atoms in total. The van der Waals surface area contributed by atoms with E-state index < -0.39 is 0 Å². The van der Waals surface area contributed by atoms with Crippen molar-refractivity contribution in [3.63, 3.8) is 0 Å². The third-order valence-corrected chi connectivity index (χ3v) is 6.95. The summed E-state index contributed by atoms with van der Waals surface area (Å²) in [6, 6.07) is 9.24. The lowest BCUT2D eigenvalue weighted by atomic mass is 9.94. The van der Waals surface area contributed by atoms with Gasteiger partial charge in [0, 0.05) is 43.5 Å². The van der Waals surface area contributed by atoms with Crippen LogP contribution in [0.25, 0.3) is 16.6 Å². The van der Waals surface area contributed by atoms with Gasteiger partial charge >= 0.3 is 0 Å². The van der Waals surface area contributed by atoms with Crippen molar-refractivity contribution < 1.29 is 4.74 Å². The molecular formula is C26H32N6O. The average Bonchev–Trinajstić information content (AvgIpc) is 3.62. The molecule has 3 aromatic heterocycles. The number of ether oxygens (including phenoxy) is 1. The molecule has 1 aliphatic heterocycles. The van der Waals surface area contributed by atoms with Crippen molar-refractivity contribution >= 4 is 11.3 Å². The summed E-state index contributed by atoms with van der Waals surface area (Å²) in [6.45, 7) is 6.10. The number of hydrogen-bond donors (Lipinski definition) is 0.